The summed E-state index contributed by atoms with van der Waals surface area (Å²) in [5.41, 5.74) is 7.94. The van der Waals surface area contributed by atoms with Gasteiger partial charge in [0.2, 0.25) is 0 Å². The van der Waals surface area contributed by atoms with Crippen molar-refractivity contribution in [3.8, 4) is 0 Å². The molecule has 0 bridgehead atoms. The molecule has 1 unspecified atom stereocenters. The molecule has 1 atom stereocenters. The number of halogens is 1. The van der Waals surface area contributed by atoms with Gasteiger partial charge in [0.15, 0.2) is 0 Å². The van der Waals surface area contributed by atoms with Crippen LogP contribution in [0.1, 0.15) is 31.7 Å². The third-order valence-electron chi connectivity index (χ3n) is 2.38. The zero-order chi connectivity index (χ0) is 10.4. The van der Waals surface area contributed by atoms with Gasteiger partial charge in [-0.3, -0.25) is 0 Å². The molecule has 0 saturated carbocycles. The minimum absolute atomic E-state index is 0.291. The number of benzene rings is 1. The number of alkyl halides is 1. The first-order valence-electron chi connectivity index (χ1n) is 5.21. The van der Waals surface area contributed by atoms with Crippen molar-refractivity contribution >= 4 is 17.3 Å². The van der Waals surface area contributed by atoms with E-state index in [1.807, 2.05) is 18.2 Å². The molecule has 0 fully saturated rings. The number of hydrogen-bond donors (Lipinski definition) is 1. The first-order chi connectivity index (χ1) is 6.74. The van der Waals surface area contributed by atoms with Crippen molar-refractivity contribution in [3.05, 3.63) is 29.8 Å². The highest BCUT2D eigenvalue weighted by atomic mass is 35.5. The van der Waals surface area contributed by atoms with Crippen molar-refractivity contribution in [2.24, 2.45) is 0 Å². The van der Waals surface area contributed by atoms with Crippen molar-refractivity contribution in [3.63, 3.8) is 0 Å². The second-order valence-corrected chi connectivity index (χ2v) is 4.24. The molecular weight excluding hydrogens is 194 g/mol. The van der Waals surface area contributed by atoms with Crippen LogP contribution in [0.5, 0.6) is 0 Å². The maximum absolute atomic E-state index is 6.14. The van der Waals surface area contributed by atoms with Gasteiger partial charge in [-0.25, -0.2) is 0 Å². The first kappa shape index (κ1) is 11.4. The summed E-state index contributed by atoms with van der Waals surface area (Å²) < 4.78 is 0. The lowest BCUT2D eigenvalue weighted by atomic mass is 10.0. The predicted molar refractivity (Wildman–Crippen MR) is 63.7 cm³/mol. The lowest BCUT2D eigenvalue weighted by Gasteiger charge is -2.09. The zero-order valence-electron chi connectivity index (χ0n) is 8.67. The lowest BCUT2D eigenvalue weighted by Crippen LogP contribution is -2.02. The highest BCUT2D eigenvalue weighted by Crippen LogP contribution is 2.17. The summed E-state index contributed by atoms with van der Waals surface area (Å²) >= 11 is 6.14. The van der Waals surface area contributed by atoms with E-state index in [0.717, 1.165) is 31.4 Å². The van der Waals surface area contributed by atoms with Gasteiger partial charge in [-0.05, 0) is 30.9 Å². The van der Waals surface area contributed by atoms with Gasteiger partial charge in [-0.2, -0.15) is 0 Å². The summed E-state index contributed by atoms with van der Waals surface area (Å²) in [5.74, 6) is 0. The molecule has 0 aliphatic carbocycles. The Labute approximate surface area is 91.3 Å². The molecule has 0 aliphatic rings. The normalized spacial score (nSPS) is 12.7. The highest BCUT2D eigenvalue weighted by molar-refractivity contribution is 6.20. The van der Waals surface area contributed by atoms with E-state index in [1.165, 1.54) is 5.56 Å². The van der Waals surface area contributed by atoms with Crippen LogP contribution in [0, 0.1) is 0 Å². The van der Waals surface area contributed by atoms with Crippen LogP contribution < -0.4 is 5.73 Å². The van der Waals surface area contributed by atoms with Crippen molar-refractivity contribution in [2.45, 2.75) is 38.0 Å². The molecule has 0 heterocycles. The average molecular weight is 212 g/mol. The van der Waals surface area contributed by atoms with Crippen LogP contribution in [-0.4, -0.2) is 5.38 Å². The number of hydrogen-bond acceptors (Lipinski definition) is 1. The summed E-state index contributed by atoms with van der Waals surface area (Å²) in [6, 6.07) is 8.00. The van der Waals surface area contributed by atoms with E-state index in [4.69, 9.17) is 17.3 Å². The minimum atomic E-state index is 0.291. The Morgan fingerprint density at radius 2 is 2.00 bits per heavy atom. The van der Waals surface area contributed by atoms with E-state index in [-0.39, 0.29) is 0 Å². The molecule has 1 aromatic rings. The van der Waals surface area contributed by atoms with Gasteiger partial charge in [0.05, 0.1) is 0 Å². The van der Waals surface area contributed by atoms with Crippen molar-refractivity contribution < 1.29 is 0 Å². The van der Waals surface area contributed by atoms with Gasteiger partial charge in [0.1, 0.15) is 0 Å². The molecule has 0 saturated heterocycles. The van der Waals surface area contributed by atoms with Crippen LogP contribution in [0.25, 0.3) is 0 Å². The molecular formula is C12H18ClN. The smallest absolute Gasteiger partial charge is 0.0346 e. The van der Waals surface area contributed by atoms with Crippen molar-refractivity contribution in [1.29, 1.82) is 0 Å². The van der Waals surface area contributed by atoms with Gasteiger partial charge >= 0.3 is 0 Å². The summed E-state index contributed by atoms with van der Waals surface area (Å²) in [5, 5.41) is 0.291. The van der Waals surface area contributed by atoms with Crippen LogP contribution in [0.4, 0.5) is 5.69 Å². The van der Waals surface area contributed by atoms with Crippen LogP contribution >= 0.6 is 11.6 Å². The SMILES string of the molecule is CCCC(Cl)CCc1ccccc1N. The molecule has 1 nitrogen and oxygen atoms in total. The van der Waals surface area contributed by atoms with Gasteiger partial charge in [-0.1, -0.05) is 31.5 Å². The third-order valence-corrected chi connectivity index (χ3v) is 2.82. The first-order valence-corrected chi connectivity index (χ1v) is 5.65. The number of para-hydroxylation sites is 1. The molecule has 0 amide bonds. The van der Waals surface area contributed by atoms with Crippen LogP contribution in [0.15, 0.2) is 24.3 Å². The molecule has 78 valence electrons. The lowest BCUT2D eigenvalue weighted by molar-refractivity contribution is 0.676. The molecule has 2 heteroatoms. The van der Waals surface area contributed by atoms with Crippen molar-refractivity contribution in [2.75, 3.05) is 5.73 Å². The Morgan fingerprint density at radius 1 is 1.29 bits per heavy atom. The van der Waals surface area contributed by atoms with Crippen molar-refractivity contribution in [1.82, 2.24) is 0 Å². The summed E-state index contributed by atoms with van der Waals surface area (Å²) in [6.45, 7) is 2.16. The maximum atomic E-state index is 6.14. The molecule has 14 heavy (non-hydrogen) atoms. The van der Waals surface area contributed by atoms with E-state index in [1.54, 1.807) is 0 Å². The van der Waals surface area contributed by atoms with Crippen LogP contribution in [-0.2, 0) is 6.42 Å². The molecule has 0 aliphatic heterocycles. The Balaban J connectivity index is 2.41. The topological polar surface area (TPSA) is 26.0 Å². The molecule has 0 radical (unpaired) electrons. The van der Waals surface area contributed by atoms with Crippen LogP contribution in [0.3, 0.4) is 0 Å². The number of aryl methyl sites for hydroxylation is 1. The monoisotopic (exact) mass is 211 g/mol. The fraction of sp³-hybridized carbons (Fsp3) is 0.500. The highest BCUT2D eigenvalue weighted by Gasteiger charge is 2.04. The quantitative estimate of drug-likeness (QED) is 0.585. The van der Waals surface area contributed by atoms with E-state index in [9.17, 15) is 0 Å². The Hall–Kier alpha value is -0.690. The molecule has 1 rings (SSSR count). The zero-order valence-corrected chi connectivity index (χ0v) is 9.43. The van der Waals surface area contributed by atoms with Crippen LogP contribution in [0.2, 0.25) is 0 Å². The Kier molecular flexibility index (Phi) is 4.81. The van der Waals surface area contributed by atoms with E-state index in [2.05, 4.69) is 13.0 Å². The number of nitrogens with two attached hydrogens (primary N) is 1. The van der Waals surface area contributed by atoms with Gasteiger partial charge in [-0.15, -0.1) is 11.6 Å². The summed E-state index contributed by atoms with van der Waals surface area (Å²) in [6.07, 6.45) is 4.25. The molecule has 2 N–H and O–H groups in total. The molecule has 0 aromatic heterocycles. The number of nitrogen functional groups attached to an aromatic ring is 1. The van der Waals surface area contributed by atoms with E-state index in [0.29, 0.717) is 5.38 Å². The van der Waals surface area contributed by atoms with Gasteiger partial charge < -0.3 is 5.73 Å². The molecule has 0 spiro atoms. The second-order valence-electron chi connectivity index (χ2n) is 3.62. The Morgan fingerprint density at radius 3 is 2.64 bits per heavy atom. The van der Waals surface area contributed by atoms with E-state index >= 15 is 0 Å². The molecule has 1 aromatic carbocycles. The predicted octanol–water partition coefficient (Wildman–Crippen LogP) is 3.61. The standard InChI is InChI=1S/C12H18ClN/c1-2-5-11(13)9-8-10-6-3-4-7-12(10)14/h3-4,6-7,11H,2,5,8-9,14H2,1H3. The number of anilines is 1. The second kappa shape index (κ2) is 5.92. The van der Waals surface area contributed by atoms with Gasteiger partial charge in [0.25, 0.3) is 0 Å². The van der Waals surface area contributed by atoms with E-state index < -0.39 is 0 Å². The maximum Gasteiger partial charge on any atom is 0.0346 e. The Bertz CT molecular complexity index is 273. The fourth-order valence-electron chi connectivity index (χ4n) is 1.53. The fourth-order valence-corrected chi connectivity index (χ4v) is 1.86. The summed E-state index contributed by atoms with van der Waals surface area (Å²) in [7, 11) is 0. The average Bonchev–Trinajstić information content (AvgIpc) is 2.17. The summed E-state index contributed by atoms with van der Waals surface area (Å²) in [4.78, 5) is 0. The minimum Gasteiger partial charge on any atom is -0.399 e. The third kappa shape index (κ3) is 3.59. The number of rotatable bonds is 5. The van der Waals surface area contributed by atoms with Gasteiger partial charge in [0, 0.05) is 11.1 Å². The largest absolute Gasteiger partial charge is 0.399 e.